The van der Waals surface area contributed by atoms with Crippen molar-refractivity contribution >= 4 is 21.7 Å². The third-order valence-electron chi connectivity index (χ3n) is 2.69. The lowest BCUT2D eigenvalue weighted by molar-refractivity contribution is -0.114. The highest BCUT2D eigenvalue weighted by molar-refractivity contribution is 7.85. The van der Waals surface area contributed by atoms with E-state index in [2.05, 4.69) is 5.32 Å². The first-order valence-corrected chi connectivity index (χ1v) is 7.26. The molecule has 104 valence electrons. The van der Waals surface area contributed by atoms with Crippen LogP contribution in [0, 0.1) is 0 Å². The summed E-state index contributed by atoms with van der Waals surface area (Å²) in [6.45, 7) is 1.43. The Morgan fingerprint density at radius 2 is 1.40 bits per heavy atom. The Bertz CT molecular complexity index is 719. The third-order valence-corrected chi connectivity index (χ3v) is 3.56. The molecule has 0 aromatic heterocycles. The van der Waals surface area contributed by atoms with Crippen LogP contribution in [0.2, 0.25) is 0 Å². The summed E-state index contributed by atoms with van der Waals surface area (Å²) in [4.78, 5) is 10.8. The van der Waals surface area contributed by atoms with Gasteiger partial charge in [-0.05, 0) is 35.4 Å². The average molecular weight is 291 g/mol. The molecule has 2 N–H and O–H groups in total. The van der Waals surface area contributed by atoms with E-state index in [-0.39, 0.29) is 10.8 Å². The molecule has 0 aliphatic heterocycles. The molecule has 0 atom stereocenters. The summed E-state index contributed by atoms with van der Waals surface area (Å²) >= 11 is 0. The molecule has 2 aromatic carbocycles. The van der Waals surface area contributed by atoms with Crippen molar-refractivity contribution < 1.29 is 17.8 Å². The molecule has 0 bridgehead atoms. The fraction of sp³-hybridized carbons (Fsp3) is 0.0714. The van der Waals surface area contributed by atoms with Crippen molar-refractivity contribution in [2.45, 2.75) is 11.8 Å². The maximum Gasteiger partial charge on any atom is 0.294 e. The molecule has 6 heteroatoms. The van der Waals surface area contributed by atoms with Crippen LogP contribution in [-0.4, -0.2) is 18.9 Å². The van der Waals surface area contributed by atoms with Crippen molar-refractivity contribution in [1.82, 2.24) is 0 Å². The Labute approximate surface area is 117 Å². The van der Waals surface area contributed by atoms with Crippen molar-refractivity contribution in [3.05, 3.63) is 48.5 Å². The van der Waals surface area contributed by atoms with Gasteiger partial charge in [-0.2, -0.15) is 8.42 Å². The number of rotatable bonds is 3. The van der Waals surface area contributed by atoms with E-state index in [4.69, 9.17) is 4.55 Å². The normalized spacial score (nSPS) is 11.1. The van der Waals surface area contributed by atoms with Crippen LogP contribution in [0.5, 0.6) is 0 Å². The quantitative estimate of drug-likeness (QED) is 0.851. The van der Waals surface area contributed by atoms with E-state index in [9.17, 15) is 13.2 Å². The van der Waals surface area contributed by atoms with Crippen LogP contribution < -0.4 is 5.32 Å². The first-order valence-electron chi connectivity index (χ1n) is 5.82. The summed E-state index contributed by atoms with van der Waals surface area (Å²) in [5, 5.41) is 2.66. The first kappa shape index (κ1) is 14.2. The number of hydrogen-bond acceptors (Lipinski definition) is 3. The smallest absolute Gasteiger partial charge is 0.294 e. The molecular formula is C14H13NO4S. The summed E-state index contributed by atoms with van der Waals surface area (Å²) in [7, 11) is -4.17. The SMILES string of the molecule is CC(=O)Nc1ccc(-c2ccc(S(=O)(=O)O)cc2)cc1. The molecule has 0 saturated carbocycles. The number of amides is 1. The van der Waals surface area contributed by atoms with E-state index >= 15 is 0 Å². The minimum Gasteiger partial charge on any atom is -0.326 e. The van der Waals surface area contributed by atoms with Gasteiger partial charge >= 0.3 is 0 Å². The van der Waals surface area contributed by atoms with E-state index in [1.807, 2.05) is 12.1 Å². The first-order chi connectivity index (χ1) is 9.36. The molecular weight excluding hydrogens is 278 g/mol. The summed E-state index contributed by atoms with van der Waals surface area (Å²) < 4.78 is 30.8. The Hall–Kier alpha value is -2.18. The molecule has 0 saturated heterocycles. The topological polar surface area (TPSA) is 83.5 Å². The zero-order valence-corrected chi connectivity index (χ0v) is 11.5. The number of carbonyl (C=O) groups is 1. The van der Waals surface area contributed by atoms with Crippen LogP contribution in [0.15, 0.2) is 53.4 Å². The minimum absolute atomic E-state index is 0.142. The zero-order chi connectivity index (χ0) is 14.8. The van der Waals surface area contributed by atoms with Crippen molar-refractivity contribution in [2.75, 3.05) is 5.32 Å². The molecule has 20 heavy (non-hydrogen) atoms. The molecule has 0 radical (unpaired) electrons. The van der Waals surface area contributed by atoms with Gasteiger partial charge in [0.15, 0.2) is 0 Å². The lowest BCUT2D eigenvalue weighted by Crippen LogP contribution is -2.05. The van der Waals surface area contributed by atoms with Crippen LogP contribution in [-0.2, 0) is 14.9 Å². The van der Waals surface area contributed by atoms with Gasteiger partial charge in [0, 0.05) is 12.6 Å². The van der Waals surface area contributed by atoms with Gasteiger partial charge in [-0.3, -0.25) is 9.35 Å². The van der Waals surface area contributed by atoms with Gasteiger partial charge in [-0.1, -0.05) is 24.3 Å². The number of nitrogens with one attached hydrogen (secondary N) is 1. The van der Waals surface area contributed by atoms with Crippen LogP contribution in [0.25, 0.3) is 11.1 Å². The molecule has 1 amide bonds. The second-order valence-corrected chi connectivity index (χ2v) is 5.68. The monoisotopic (exact) mass is 291 g/mol. The maximum atomic E-state index is 10.9. The Balaban J connectivity index is 2.26. The van der Waals surface area contributed by atoms with Crippen molar-refractivity contribution in [1.29, 1.82) is 0 Å². The van der Waals surface area contributed by atoms with Gasteiger partial charge in [0.05, 0.1) is 4.90 Å². The molecule has 0 unspecified atom stereocenters. The lowest BCUT2D eigenvalue weighted by atomic mass is 10.1. The van der Waals surface area contributed by atoms with Crippen LogP contribution in [0.3, 0.4) is 0 Å². The van der Waals surface area contributed by atoms with E-state index in [0.29, 0.717) is 5.69 Å². The fourth-order valence-corrected chi connectivity index (χ4v) is 2.25. The van der Waals surface area contributed by atoms with Crippen molar-refractivity contribution in [3.8, 4) is 11.1 Å². The summed E-state index contributed by atoms with van der Waals surface area (Å²) in [6, 6.07) is 13.0. The van der Waals surface area contributed by atoms with E-state index in [0.717, 1.165) is 11.1 Å². The maximum absolute atomic E-state index is 10.9. The van der Waals surface area contributed by atoms with Gasteiger partial charge in [-0.25, -0.2) is 0 Å². The van der Waals surface area contributed by atoms with E-state index < -0.39 is 10.1 Å². The Morgan fingerprint density at radius 1 is 0.950 bits per heavy atom. The number of benzene rings is 2. The van der Waals surface area contributed by atoms with E-state index in [1.165, 1.54) is 19.1 Å². The highest BCUT2D eigenvalue weighted by Crippen LogP contribution is 2.23. The zero-order valence-electron chi connectivity index (χ0n) is 10.7. The standard InChI is InChI=1S/C14H13NO4S/c1-10(16)15-13-6-2-11(3-7-13)12-4-8-14(9-5-12)20(17,18)19/h2-9H,1H3,(H,15,16)(H,17,18,19). The second-order valence-electron chi connectivity index (χ2n) is 4.26. The van der Waals surface area contributed by atoms with Crippen molar-refractivity contribution in [3.63, 3.8) is 0 Å². The van der Waals surface area contributed by atoms with Gasteiger partial charge in [0.25, 0.3) is 10.1 Å². The molecule has 5 nitrogen and oxygen atoms in total. The number of anilines is 1. The lowest BCUT2D eigenvalue weighted by Gasteiger charge is -2.05. The van der Waals surface area contributed by atoms with Crippen LogP contribution >= 0.6 is 0 Å². The molecule has 0 heterocycles. The molecule has 0 aliphatic carbocycles. The largest absolute Gasteiger partial charge is 0.326 e. The van der Waals surface area contributed by atoms with Gasteiger partial charge in [-0.15, -0.1) is 0 Å². The Morgan fingerprint density at radius 3 is 1.80 bits per heavy atom. The molecule has 0 spiro atoms. The summed E-state index contributed by atoms with van der Waals surface area (Å²) in [6.07, 6.45) is 0. The average Bonchev–Trinajstić information content (AvgIpc) is 2.38. The number of hydrogen-bond donors (Lipinski definition) is 2. The molecule has 0 aliphatic rings. The van der Waals surface area contributed by atoms with E-state index in [1.54, 1.807) is 24.3 Å². The van der Waals surface area contributed by atoms with Crippen LogP contribution in [0.1, 0.15) is 6.92 Å². The van der Waals surface area contributed by atoms with Crippen LogP contribution in [0.4, 0.5) is 5.69 Å². The minimum atomic E-state index is -4.17. The van der Waals surface area contributed by atoms with Crippen molar-refractivity contribution in [2.24, 2.45) is 0 Å². The van der Waals surface area contributed by atoms with Gasteiger partial charge in [0.1, 0.15) is 0 Å². The Kier molecular flexibility index (Phi) is 3.87. The predicted octanol–water partition coefficient (Wildman–Crippen LogP) is 2.56. The molecule has 2 rings (SSSR count). The molecule has 0 fully saturated rings. The highest BCUT2D eigenvalue weighted by Gasteiger charge is 2.08. The third kappa shape index (κ3) is 3.43. The molecule has 2 aromatic rings. The number of carbonyl (C=O) groups excluding carboxylic acids is 1. The summed E-state index contributed by atoms with van der Waals surface area (Å²) in [5.74, 6) is -0.143. The van der Waals surface area contributed by atoms with Gasteiger partial charge in [0.2, 0.25) is 5.91 Å². The second kappa shape index (κ2) is 5.44. The van der Waals surface area contributed by atoms with Gasteiger partial charge < -0.3 is 5.32 Å². The summed E-state index contributed by atoms with van der Waals surface area (Å²) in [5.41, 5.74) is 2.38. The highest BCUT2D eigenvalue weighted by atomic mass is 32.2. The predicted molar refractivity (Wildman–Crippen MR) is 76.0 cm³/mol. The fourth-order valence-electron chi connectivity index (χ4n) is 1.77.